The maximum Gasteiger partial charge on any atom is 0.257 e. The van der Waals surface area contributed by atoms with E-state index in [-0.39, 0.29) is 11.8 Å². The van der Waals surface area contributed by atoms with E-state index in [1.807, 2.05) is 27.8 Å². The van der Waals surface area contributed by atoms with E-state index in [1.54, 1.807) is 6.20 Å². The van der Waals surface area contributed by atoms with Crippen molar-refractivity contribution in [1.29, 1.82) is 0 Å². The highest BCUT2D eigenvalue weighted by Crippen LogP contribution is 2.23. The SMILES string of the molecule is CC(C)c1c(C(=O)N2CCCC2)cnn1Cc1ccccc1. The monoisotopic (exact) mass is 297 g/mol. The van der Waals surface area contributed by atoms with Crippen molar-refractivity contribution in [2.24, 2.45) is 0 Å². The van der Waals surface area contributed by atoms with E-state index in [2.05, 4.69) is 31.1 Å². The number of benzene rings is 1. The van der Waals surface area contributed by atoms with Crippen LogP contribution in [0.15, 0.2) is 36.5 Å². The van der Waals surface area contributed by atoms with Crippen LogP contribution in [0.25, 0.3) is 0 Å². The molecule has 2 heterocycles. The van der Waals surface area contributed by atoms with Crippen LogP contribution in [0.1, 0.15) is 54.2 Å². The van der Waals surface area contributed by atoms with Gasteiger partial charge in [0, 0.05) is 13.1 Å². The molecule has 0 N–H and O–H groups in total. The third-order valence-electron chi connectivity index (χ3n) is 4.23. The highest BCUT2D eigenvalue weighted by Gasteiger charge is 2.25. The minimum absolute atomic E-state index is 0.139. The van der Waals surface area contributed by atoms with Gasteiger partial charge in [0.05, 0.1) is 24.0 Å². The molecule has 0 spiro atoms. The van der Waals surface area contributed by atoms with Gasteiger partial charge in [0.15, 0.2) is 0 Å². The molecular formula is C18H23N3O. The first kappa shape index (κ1) is 14.8. The van der Waals surface area contributed by atoms with Gasteiger partial charge in [0.2, 0.25) is 0 Å². The van der Waals surface area contributed by atoms with Crippen LogP contribution < -0.4 is 0 Å². The molecule has 0 atom stereocenters. The highest BCUT2D eigenvalue weighted by atomic mass is 16.2. The first-order chi connectivity index (χ1) is 10.7. The summed E-state index contributed by atoms with van der Waals surface area (Å²) < 4.78 is 1.98. The molecule has 1 aromatic carbocycles. The summed E-state index contributed by atoms with van der Waals surface area (Å²) in [4.78, 5) is 14.7. The van der Waals surface area contributed by atoms with Crippen molar-refractivity contribution in [1.82, 2.24) is 14.7 Å². The van der Waals surface area contributed by atoms with Crippen molar-refractivity contribution in [3.8, 4) is 0 Å². The molecule has 1 saturated heterocycles. The number of rotatable bonds is 4. The minimum atomic E-state index is 0.139. The Hall–Kier alpha value is -2.10. The second kappa shape index (κ2) is 6.34. The quantitative estimate of drug-likeness (QED) is 0.868. The maximum atomic E-state index is 12.7. The van der Waals surface area contributed by atoms with Crippen LogP contribution in [0.4, 0.5) is 0 Å². The molecule has 4 nitrogen and oxygen atoms in total. The Morgan fingerprint density at radius 1 is 1.18 bits per heavy atom. The standard InChI is InChI=1S/C18H23N3O/c1-14(2)17-16(18(22)20-10-6-7-11-20)12-19-21(17)13-15-8-4-3-5-9-15/h3-5,8-9,12,14H,6-7,10-11,13H2,1-2H3. The molecule has 1 aromatic heterocycles. The van der Waals surface area contributed by atoms with Crippen LogP contribution in [0.5, 0.6) is 0 Å². The maximum absolute atomic E-state index is 12.7. The Morgan fingerprint density at radius 3 is 2.50 bits per heavy atom. The Morgan fingerprint density at radius 2 is 1.86 bits per heavy atom. The average Bonchev–Trinajstić information content (AvgIpc) is 3.17. The third-order valence-corrected chi connectivity index (χ3v) is 4.23. The van der Waals surface area contributed by atoms with Gasteiger partial charge < -0.3 is 4.90 Å². The lowest BCUT2D eigenvalue weighted by Gasteiger charge is -2.17. The molecule has 0 saturated carbocycles. The summed E-state index contributed by atoms with van der Waals surface area (Å²) in [6, 6.07) is 10.3. The van der Waals surface area contributed by atoms with Crippen molar-refractivity contribution in [2.45, 2.75) is 39.2 Å². The molecule has 1 amide bonds. The van der Waals surface area contributed by atoms with Crippen molar-refractivity contribution in [2.75, 3.05) is 13.1 Å². The number of hydrogen-bond donors (Lipinski definition) is 0. The minimum Gasteiger partial charge on any atom is -0.339 e. The van der Waals surface area contributed by atoms with Gasteiger partial charge in [0.25, 0.3) is 5.91 Å². The van der Waals surface area contributed by atoms with Gasteiger partial charge in [-0.25, -0.2) is 0 Å². The van der Waals surface area contributed by atoms with Crippen LogP contribution in [0, 0.1) is 0 Å². The van der Waals surface area contributed by atoms with E-state index in [1.165, 1.54) is 5.56 Å². The second-order valence-corrected chi connectivity index (χ2v) is 6.24. The predicted octanol–water partition coefficient (Wildman–Crippen LogP) is 3.29. The molecule has 0 radical (unpaired) electrons. The van der Waals surface area contributed by atoms with Crippen molar-refractivity contribution >= 4 is 5.91 Å². The Labute approximate surface area is 131 Å². The molecule has 0 bridgehead atoms. The molecule has 2 aromatic rings. The van der Waals surface area contributed by atoms with Crippen molar-refractivity contribution in [3.05, 3.63) is 53.3 Å². The van der Waals surface area contributed by atoms with Gasteiger partial charge in [0.1, 0.15) is 0 Å². The third kappa shape index (κ3) is 2.91. The van der Waals surface area contributed by atoms with E-state index >= 15 is 0 Å². The first-order valence-electron chi connectivity index (χ1n) is 8.05. The number of carbonyl (C=O) groups is 1. The zero-order valence-corrected chi connectivity index (χ0v) is 13.3. The number of likely N-dealkylation sites (tertiary alicyclic amines) is 1. The summed E-state index contributed by atoms with van der Waals surface area (Å²) >= 11 is 0. The van der Waals surface area contributed by atoms with Gasteiger partial charge >= 0.3 is 0 Å². The number of aromatic nitrogens is 2. The number of amides is 1. The Balaban J connectivity index is 1.90. The lowest BCUT2D eigenvalue weighted by atomic mass is 10.0. The van der Waals surface area contributed by atoms with Crippen LogP contribution >= 0.6 is 0 Å². The molecule has 1 fully saturated rings. The van der Waals surface area contributed by atoms with Crippen LogP contribution in [0.3, 0.4) is 0 Å². The van der Waals surface area contributed by atoms with E-state index in [0.717, 1.165) is 37.2 Å². The van der Waals surface area contributed by atoms with E-state index in [0.29, 0.717) is 6.54 Å². The number of nitrogens with zero attached hydrogens (tertiary/aromatic N) is 3. The lowest BCUT2D eigenvalue weighted by molar-refractivity contribution is 0.0791. The van der Waals surface area contributed by atoms with Gasteiger partial charge in [-0.3, -0.25) is 9.48 Å². The zero-order valence-electron chi connectivity index (χ0n) is 13.3. The van der Waals surface area contributed by atoms with Crippen molar-refractivity contribution in [3.63, 3.8) is 0 Å². The zero-order chi connectivity index (χ0) is 15.5. The van der Waals surface area contributed by atoms with E-state index < -0.39 is 0 Å². The van der Waals surface area contributed by atoms with E-state index in [4.69, 9.17) is 0 Å². The molecule has 4 heteroatoms. The van der Waals surface area contributed by atoms with Gasteiger partial charge in [-0.2, -0.15) is 5.10 Å². The summed E-state index contributed by atoms with van der Waals surface area (Å²) in [5, 5.41) is 4.49. The molecule has 22 heavy (non-hydrogen) atoms. The highest BCUT2D eigenvalue weighted by molar-refractivity contribution is 5.95. The summed E-state index contributed by atoms with van der Waals surface area (Å²) in [6.45, 7) is 6.71. The van der Waals surface area contributed by atoms with Crippen LogP contribution in [-0.2, 0) is 6.54 Å². The van der Waals surface area contributed by atoms with Gasteiger partial charge in [-0.1, -0.05) is 44.2 Å². The van der Waals surface area contributed by atoms with Crippen LogP contribution in [-0.4, -0.2) is 33.7 Å². The molecule has 0 aliphatic carbocycles. The molecule has 3 rings (SSSR count). The summed E-state index contributed by atoms with van der Waals surface area (Å²) in [5.74, 6) is 0.410. The second-order valence-electron chi connectivity index (χ2n) is 6.24. The summed E-state index contributed by atoms with van der Waals surface area (Å²) in [5.41, 5.74) is 3.02. The predicted molar refractivity (Wildman–Crippen MR) is 87.0 cm³/mol. The smallest absolute Gasteiger partial charge is 0.257 e. The first-order valence-corrected chi connectivity index (χ1v) is 8.05. The Bertz CT molecular complexity index is 640. The lowest BCUT2D eigenvalue weighted by Crippen LogP contribution is -2.28. The molecule has 1 aliphatic heterocycles. The number of hydrogen-bond acceptors (Lipinski definition) is 2. The Kier molecular flexibility index (Phi) is 4.27. The van der Waals surface area contributed by atoms with Gasteiger partial charge in [-0.05, 0) is 24.3 Å². The fourth-order valence-corrected chi connectivity index (χ4v) is 3.14. The molecular weight excluding hydrogens is 274 g/mol. The normalized spacial score (nSPS) is 14.8. The largest absolute Gasteiger partial charge is 0.339 e. The molecule has 116 valence electrons. The number of carbonyl (C=O) groups excluding carboxylic acids is 1. The molecule has 0 unspecified atom stereocenters. The topological polar surface area (TPSA) is 38.1 Å². The fourth-order valence-electron chi connectivity index (χ4n) is 3.14. The molecule has 1 aliphatic rings. The average molecular weight is 297 g/mol. The van der Waals surface area contributed by atoms with Crippen LogP contribution in [0.2, 0.25) is 0 Å². The summed E-state index contributed by atoms with van der Waals surface area (Å²) in [7, 11) is 0. The van der Waals surface area contributed by atoms with Gasteiger partial charge in [-0.15, -0.1) is 0 Å². The fraction of sp³-hybridized carbons (Fsp3) is 0.444. The van der Waals surface area contributed by atoms with Crippen molar-refractivity contribution < 1.29 is 4.79 Å². The van der Waals surface area contributed by atoms with E-state index in [9.17, 15) is 4.79 Å². The summed E-state index contributed by atoms with van der Waals surface area (Å²) in [6.07, 6.45) is 3.97.